The normalized spacial score (nSPS) is 12.7. The highest BCUT2D eigenvalue weighted by atomic mass is 35.5. The Bertz CT molecular complexity index is 602. The minimum absolute atomic E-state index is 0.240. The Morgan fingerprint density at radius 2 is 1.95 bits per heavy atom. The molecule has 0 saturated carbocycles. The third-order valence-electron chi connectivity index (χ3n) is 3.78. The van der Waals surface area contributed by atoms with Crippen molar-refractivity contribution >= 4 is 11.6 Å². The van der Waals surface area contributed by atoms with Crippen LogP contribution in [0.5, 0.6) is 0 Å². The Balaban J connectivity index is 2.47. The van der Waals surface area contributed by atoms with E-state index in [-0.39, 0.29) is 6.04 Å². The molecule has 0 aliphatic rings. The molecular weight excluding hydrogens is 258 g/mol. The molecule has 1 unspecified atom stereocenters. The lowest BCUT2D eigenvalue weighted by atomic mass is 10.1. The van der Waals surface area contributed by atoms with Crippen LogP contribution in [0.4, 0.5) is 0 Å². The Kier molecular flexibility index (Phi) is 3.97. The van der Waals surface area contributed by atoms with Gasteiger partial charge in [-0.25, -0.2) is 4.68 Å². The minimum Gasteiger partial charge on any atom is -0.313 e. The van der Waals surface area contributed by atoms with Crippen molar-refractivity contribution in [2.45, 2.75) is 33.7 Å². The number of halogens is 1. The summed E-state index contributed by atoms with van der Waals surface area (Å²) in [5.74, 6) is 0. The van der Waals surface area contributed by atoms with Crippen molar-refractivity contribution in [3.05, 3.63) is 45.7 Å². The summed E-state index contributed by atoms with van der Waals surface area (Å²) in [6, 6.07) is 6.34. The smallest absolute Gasteiger partial charge is 0.0663 e. The van der Waals surface area contributed by atoms with Gasteiger partial charge in [-0.05, 0) is 58.0 Å². The maximum absolute atomic E-state index is 6.37. The fourth-order valence-electron chi connectivity index (χ4n) is 2.13. The first kappa shape index (κ1) is 14.1. The second kappa shape index (κ2) is 5.35. The topological polar surface area (TPSA) is 29.9 Å². The van der Waals surface area contributed by atoms with Crippen LogP contribution in [0, 0.1) is 20.8 Å². The first-order chi connectivity index (χ1) is 8.95. The van der Waals surface area contributed by atoms with E-state index in [0.717, 1.165) is 27.7 Å². The summed E-state index contributed by atoms with van der Waals surface area (Å²) in [7, 11) is 1.93. The van der Waals surface area contributed by atoms with Crippen molar-refractivity contribution in [2.24, 2.45) is 0 Å². The van der Waals surface area contributed by atoms with Crippen molar-refractivity contribution in [3.8, 4) is 5.69 Å². The van der Waals surface area contributed by atoms with Gasteiger partial charge in [0.15, 0.2) is 0 Å². The fourth-order valence-corrected chi connectivity index (χ4v) is 2.46. The predicted octanol–water partition coefficient (Wildman–Crippen LogP) is 3.73. The zero-order valence-electron chi connectivity index (χ0n) is 12.1. The quantitative estimate of drug-likeness (QED) is 0.926. The molecule has 1 N–H and O–H groups in total. The van der Waals surface area contributed by atoms with Crippen molar-refractivity contribution in [3.63, 3.8) is 0 Å². The molecule has 19 heavy (non-hydrogen) atoms. The number of nitrogens with one attached hydrogen (secondary N) is 1. The summed E-state index contributed by atoms with van der Waals surface area (Å²) in [5, 5.41) is 8.53. The van der Waals surface area contributed by atoms with Gasteiger partial charge in [-0.2, -0.15) is 5.10 Å². The SMILES string of the molecule is CNC(C)c1ccc(-n2nc(C)c(C)c2C)cc1Cl. The van der Waals surface area contributed by atoms with Crippen LogP contribution >= 0.6 is 11.6 Å². The van der Waals surface area contributed by atoms with Crippen molar-refractivity contribution in [1.82, 2.24) is 15.1 Å². The van der Waals surface area contributed by atoms with Gasteiger partial charge in [-0.3, -0.25) is 0 Å². The number of nitrogens with zero attached hydrogens (tertiary/aromatic N) is 2. The lowest BCUT2D eigenvalue weighted by Gasteiger charge is -2.14. The highest BCUT2D eigenvalue weighted by molar-refractivity contribution is 6.31. The number of hydrogen-bond donors (Lipinski definition) is 1. The molecule has 1 atom stereocenters. The highest BCUT2D eigenvalue weighted by Gasteiger charge is 2.12. The first-order valence-corrected chi connectivity index (χ1v) is 6.83. The number of benzene rings is 1. The summed E-state index contributed by atoms with van der Waals surface area (Å²) < 4.78 is 1.95. The van der Waals surface area contributed by atoms with Crippen LogP contribution in [0.3, 0.4) is 0 Å². The summed E-state index contributed by atoms with van der Waals surface area (Å²) in [4.78, 5) is 0. The molecule has 102 valence electrons. The second-order valence-electron chi connectivity index (χ2n) is 4.92. The van der Waals surface area contributed by atoms with Gasteiger partial charge in [-0.15, -0.1) is 0 Å². The average Bonchev–Trinajstić information content (AvgIpc) is 2.65. The molecule has 1 aromatic heterocycles. The Labute approximate surface area is 119 Å². The molecule has 0 aliphatic heterocycles. The van der Waals surface area contributed by atoms with Gasteiger partial charge in [0.25, 0.3) is 0 Å². The van der Waals surface area contributed by atoms with E-state index in [4.69, 9.17) is 11.6 Å². The van der Waals surface area contributed by atoms with Gasteiger partial charge in [0.05, 0.1) is 11.4 Å². The van der Waals surface area contributed by atoms with E-state index in [9.17, 15) is 0 Å². The summed E-state index contributed by atoms with van der Waals surface area (Å²) in [6.45, 7) is 8.28. The van der Waals surface area contributed by atoms with Crippen LogP contribution in [-0.2, 0) is 0 Å². The second-order valence-corrected chi connectivity index (χ2v) is 5.33. The van der Waals surface area contributed by atoms with Crippen LogP contribution < -0.4 is 5.32 Å². The van der Waals surface area contributed by atoms with Gasteiger partial charge in [0.1, 0.15) is 0 Å². The van der Waals surface area contributed by atoms with E-state index in [1.165, 1.54) is 5.56 Å². The molecule has 2 aromatic rings. The maximum atomic E-state index is 6.37. The molecule has 0 spiro atoms. The predicted molar refractivity (Wildman–Crippen MR) is 80.3 cm³/mol. The zero-order chi connectivity index (χ0) is 14.2. The molecule has 0 radical (unpaired) electrons. The Morgan fingerprint density at radius 1 is 1.26 bits per heavy atom. The molecule has 0 fully saturated rings. The van der Waals surface area contributed by atoms with E-state index in [1.54, 1.807) is 0 Å². The summed E-state index contributed by atoms with van der Waals surface area (Å²) >= 11 is 6.37. The van der Waals surface area contributed by atoms with E-state index in [0.29, 0.717) is 0 Å². The van der Waals surface area contributed by atoms with Gasteiger partial charge < -0.3 is 5.32 Å². The molecule has 0 saturated heterocycles. The maximum Gasteiger partial charge on any atom is 0.0663 e. The third-order valence-corrected chi connectivity index (χ3v) is 4.11. The van der Waals surface area contributed by atoms with Gasteiger partial charge in [-0.1, -0.05) is 17.7 Å². The molecule has 4 heteroatoms. The molecule has 0 aliphatic carbocycles. The van der Waals surface area contributed by atoms with Crippen molar-refractivity contribution < 1.29 is 0 Å². The van der Waals surface area contributed by atoms with Crippen LogP contribution in [0.25, 0.3) is 5.69 Å². The van der Waals surface area contributed by atoms with Gasteiger partial charge in [0, 0.05) is 16.8 Å². The number of hydrogen-bond acceptors (Lipinski definition) is 2. The lowest BCUT2D eigenvalue weighted by molar-refractivity contribution is 0.652. The molecule has 0 amide bonds. The van der Waals surface area contributed by atoms with Gasteiger partial charge in [0.2, 0.25) is 0 Å². The van der Waals surface area contributed by atoms with Crippen LogP contribution in [0.1, 0.15) is 35.5 Å². The van der Waals surface area contributed by atoms with Crippen LogP contribution in [0.15, 0.2) is 18.2 Å². The van der Waals surface area contributed by atoms with Crippen molar-refractivity contribution in [2.75, 3.05) is 7.05 Å². The number of aromatic nitrogens is 2. The van der Waals surface area contributed by atoms with Crippen molar-refractivity contribution in [1.29, 1.82) is 0 Å². The number of rotatable bonds is 3. The zero-order valence-corrected chi connectivity index (χ0v) is 12.8. The van der Waals surface area contributed by atoms with E-state index >= 15 is 0 Å². The van der Waals surface area contributed by atoms with Crippen LogP contribution in [-0.4, -0.2) is 16.8 Å². The Hall–Kier alpha value is -1.32. The van der Waals surface area contributed by atoms with Gasteiger partial charge >= 0.3 is 0 Å². The van der Waals surface area contributed by atoms with E-state index < -0.39 is 0 Å². The number of aryl methyl sites for hydroxylation is 1. The van der Waals surface area contributed by atoms with E-state index in [1.807, 2.05) is 24.7 Å². The summed E-state index contributed by atoms with van der Waals surface area (Å²) in [6.07, 6.45) is 0. The standard InChI is InChI=1S/C15H20ClN3/c1-9-10(2)18-19(12(9)4)13-6-7-14(11(3)17-5)15(16)8-13/h6-8,11,17H,1-5H3. The molecule has 2 rings (SSSR count). The Morgan fingerprint density at radius 3 is 2.42 bits per heavy atom. The molecule has 0 bridgehead atoms. The summed E-state index contributed by atoms with van der Waals surface area (Å²) in [5.41, 5.74) is 5.55. The third kappa shape index (κ3) is 2.53. The largest absolute Gasteiger partial charge is 0.313 e. The first-order valence-electron chi connectivity index (χ1n) is 6.45. The fraction of sp³-hybridized carbons (Fsp3) is 0.400. The molecule has 1 heterocycles. The average molecular weight is 278 g/mol. The molecule has 3 nitrogen and oxygen atoms in total. The monoisotopic (exact) mass is 277 g/mol. The minimum atomic E-state index is 0.240. The van der Waals surface area contributed by atoms with Crippen LogP contribution in [0.2, 0.25) is 5.02 Å². The van der Waals surface area contributed by atoms with E-state index in [2.05, 4.69) is 43.3 Å². The highest BCUT2D eigenvalue weighted by Crippen LogP contribution is 2.26. The molecular formula is C15H20ClN3. The molecule has 1 aromatic carbocycles. The lowest BCUT2D eigenvalue weighted by Crippen LogP contribution is -2.13.